The highest BCUT2D eigenvalue weighted by molar-refractivity contribution is 5.84. The summed E-state index contributed by atoms with van der Waals surface area (Å²) >= 11 is 0. The van der Waals surface area contributed by atoms with E-state index in [1.807, 2.05) is 24.3 Å². The molecule has 2 aromatic rings. The van der Waals surface area contributed by atoms with Gasteiger partial charge < -0.3 is 20.7 Å². The van der Waals surface area contributed by atoms with Crippen LogP contribution >= 0.6 is 0 Å². The van der Waals surface area contributed by atoms with E-state index in [1.165, 1.54) is 0 Å². The second kappa shape index (κ2) is 6.23. The number of carbonyl (C=O) groups is 2. The van der Waals surface area contributed by atoms with Gasteiger partial charge in [-0.15, -0.1) is 0 Å². The summed E-state index contributed by atoms with van der Waals surface area (Å²) in [5.74, 6) is -2.15. The zero-order chi connectivity index (χ0) is 15.4. The van der Waals surface area contributed by atoms with Crippen molar-refractivity contribution in [1.29, 1.82) is 0 Å². The van der Waals surface area contributed by atoms with Gasteiger partial charge in [-0.3, -0.25) is 4.79 Å². The molecule has 0 aromatic heterocycles. The van der Waals surface area contributed by atoms with Crippen LogP contribution in [0, 0.1) is 0 Å². The fourth-order valence-electron chi connectivity index (χ4n) is 1.94. The largest absolute Gasteiger partial charge is 0.480 e. The molecule has 0 saturated heterocycles. The highest BCUT2D eigenvalue weighted by Gasteiger charge is 2.26. The van der Waals surface area contributed by atoms with E-state index in [0.717, 1.165) is 10.8 Å². The van der Waals surface area contributed by atoms with Gasteiger partial charge >= 0.3 is 11.9 Å². The summed E-state index contributed by atoms with van der Waals surface area (Å²) in [7, 11) is 0. The Bertz CT molecular complexity index is 670. The molecule has 0 bridgehead atoms. The first-order valence-corrected chi connectivity index (χ1v) is 6.34. The normalized spacial score (nSPS) is 13.6. The summed E-state index contributed by atoms with van der Waals surface area (Å²) in [5.41, 5.74) is 5.36. The SMILES string of the molecule is NC(CC(Oc1ccc2ccccc2c1)C(=O)O)C(=O)O. The Morgan fingerprint density at radius 2 is 1.71 bits per heavy atom. The van der Waals surface area contributed by atoms with E-state index in [-0.39, 0.29) is 6.42 Å². The standard InChI is InChI=1S/C15H15NO5/c16-12(14(17)18)8-13(15(19)20)21-11-6-5-9-3-1-2-4-10(9)7-11/h1-7,12-13H,8,16H2,(H,17,18)(H,19,20). The second-order valence-corrected chi connectivity index (χ2v) is 4.63. The van der Waals surface area contributed by atoms with Gasteiger partial charge in [0.25, 0.3) is 0 Å². The fourth-order valence-corrected chi connectivity index (χ4v) is 1.94. The lowest BCUT2D eigenvalue weighted by Crippen LogP contribution is -2.39. The van der Waals surface area contributed by atoms with Crippen molar-refractivity contribution in [2.45, 2.75) is 18.6 Å². The van der Waals surface area contributed by atoms with E-state index in [0.29, 0.717) is 5.75 Å². The molecule has 2 unspecified atom stereocenters. The Morgan fingerprint density at radius 3 is 2.33 bits per heavy atom. The maximum atomic E-state index is 11.2. The van der Waals surface area contributed by atoms with Gasteiger partial charge in [0.2, 0.25) is 0 Å². The van der Waals surface area contributed by atoms with Crippen LogP contribution in [0.15, 0.2) is 42.5 Å². The Hall–Kier alpha value is -2.60. The summed E-state index contributed by atoms with van der Waals surface area (Å²) in [6.45, 7) is 0. The number of hydrogen-bond donors (Lipinski definition) is 3. The van der Waals surface area contributed by atoms with Crippen LogP contribution in [-0.4, -0.2) is 34.3 Å². The Morgan fingerprint density at radius 1 is 1.05 bits per heavy atom. The highest BCUT2D eigenvalue weighted by atomic mass is 16.5. The molecule has 21 heavy (non-hydrogen) atoms. The van der Waals surface area contributed by atoms with Crippen molar-refractivity contribution < 1.29 is 24.5 Å². The first-order chi connectivity index (χ1) is 9.97. The quantitative estimate of drug-likeness (QED) is 0.743. The zero-order valence-corrected chi connectivity index (χ0v) is 11.1. The van der Waals surface area contributed by atoms with Crippen LogP contribution in [-0.2, 0) is 9.59 Å². The number of rotatable bonds is 6. The van der Waals surface area contributed by atoms with Gasteiger partial charge in [-0.2, -0.15) is 0 Å². The molecule has 0 spiro atoms. The maximum Gasteiger partial charge on any atom is 0.344 e. The molecule has 0 radical (unpaired) electrons. The van der Waals surface area contributed by atoms with Gasteiger partial charge in [-0.25, -0.2) is 4.79 Å². The number of aliphatic carboxylic acids is 2. The average Bonchev–Trinajstić information content (AvgIpc) is 2.46. The van der Waals surface area contributed by atoms with E-state index in [2.05, 4.69) is 0 Å². The van der Waals surface area contributed by atoms with Crippen molar-refractivity contribution in [1.82, 2.24) is 0 Å². The van der Waals surface area contributed by atoms with Gasteiger partial charge in [0.15, 0.2) is 6.10 Å². The van der Waals surface area contributed by atoms with Crippen molar-refractivity contribution in [3.05, 3.63) is 42.5 Å². The molecule has 2 aromatic carbocycles. The molecule has 2 rings (SSSR count). The molecular formula is C15H15NO5. The maximum absolute atomic E-state index is 11.2. The average molecular weight is 289 g/mol. The molecule has 110 valence electrons. The molecule has 4 N–H and O–H groups in total. The van der Waals surface area contributed by atoms with Gasteiger partial charge in [0, 0.05) is 6.42 Å². The summed E-state index contributed by atoms with van der Waals surface area (Å²) in [5, 5.41) is 19.8. The number of carboxylic acids is 2. The summed E-state index contributed by atoms with van der Waals surface area (Å²) in [6, 6.07) is 11.4. The number of ether oxygens (including phenoxy) is 1. The number of benzene rings is 2. The molecule has 6 nitrogen and oxygen atoms in total. The van der Waals surface area contributed by atoms with Crippen LogP contribution < -0.4 is 10.5 Å². The second-order valence-electron chi connectivity index (χ2n) is 4.63. The number of nitrogens with two attached hydrogens (primary N) is 1. The molecule has 0 saturated carbocycles. The van der Waals surface area contributed by atoms with E-state index in [4.69, 9.17) is 20.7 Å². The molecule has 0 fully saturated rings. The lowest BCUT2D eigenvalue weighted by atomic mass is 10.1. The smallest absolute Gasteiger partial charge is 0.344 e. The molecule has 2 atom stereocenters. The summed E-state index contributed by atoms with van der Waals surface area (Å²) in [4.78, 5) is 21.9. The van der Waals surface area contributed by atoms with Crippen LogP contribution in [0.3, 0.4) is 0 Å². The van der Waals surface area contributed by atoms with E-state index >= 15 is 0 Å². The third-order valence-electron chi connectivity index (χ3n) is 3.06. The van der Waals surface area contributed by atoms with Crippen molar-refractivity contribution in [2.75, 3.05) is 0 Å². The number of hydrogen-bond acceptors (Lipinski definition) is 4. The number of fused-ring (bicyclic) bond motifs is 1. The van der Waals surface area contributed by atoms with Crippen molar-refractivity contribution in [3.8, 4) is 5.75 Å². The molecule has 6 heteroatoms. The lowest BCUT2D eigenvalue weighted by molar-refractivity contribution is -0.146. The third-order valence-corrected chi connectivity index (χ3v) is 3.06. The minimum atomic E-state index is -1.31. The third kappa shape index (κ3) is 3.70. The topological polar surface area (TPSA) is 110 Å². The molecule has 0 aliphatic heterocycles. The predicted molar refractivity (Wildman–Crippen MR) is 76.2 cm³/mol. The Balaban J connectivity index is 2.18. The summed E-state index contributed by atoms with van der Waals surface area (Å²) < 4.78 is 5.36. The Labute approximate surface area is 120 Å². The zero-order valence-electron chi connectivity index (χ0n) is 11.1. The monoisotopic (exact) mass is 289 g/mol. The Kier molecular flexibility index (Phi) is 4.39. The van der Waals surface area contributed by atoms with Gasteiger partial charge in [0.1, 0.15) is 11.8 Å². The molecule has 0 amide bonds. The van der Waals surface area contributed by atoms with Gasteiger partial charge in [0.05, 0.1) is 0 Å². The van der Waals surface area contributed by atoms with Crippen LogP contribution in [0.1, 0.15) is 6.42 Å². The summed E-state index contributed by atoms with van der Waals surface area (Å²) in [6.07, 6.45) is -1.62. The molecule has 0 aliphatic rings. The van der Waals surface area contributed by atoms with E-state index < -0.39 is 24.1 Å². The first-order valence-electron chi connectivity index (χ1n) is 6.34. The van der Waals surface area contributed by atoms with Gasteiger partial charge in [-0.1, -0.05) is 30.3 Å². The van der Waals surface area contributed by atoms with Crippen LogP contribution in [0.4, 0.5) is 0 Å². The lowest BCUT2D eigenvalue weighted by Gasteiger charge is -2.17. The van der Waals surface area contributed by atoms with Crippen LogP contribution in [0.2, 0.25) is 0 Å². The van der Waals surface area contributed by atoms with Crippen LogP contribution in [0.25, 0.3) is 10.8 Å². The molecule has 0 heterocycles. The molecule has 0 aliphatic carbocycles. The van der Waals surface area contributed by atoms with Crippen molar-refractivity contribution in [3.63, 3.8) is 0 Å². The minimum Gasteiger partial charge on any atom is -0.480 e. The predicted octanol–water partition coefficient (Wildman–Crippen LogP) is 1.47. The fraction of sp³-hybridized carbons (Fsp3) is 0.200. The van der Waals surface area contributed by atoms with Crippen LogP contribution in [0.5, 0.6) is 5.75 Å². The minimum absolute atomic E-state index is 0.308. The highest BCUT2D eigenvalue weighted by Crippen LogP contribution is 2.22. The van der Waals surface area contributed by atoms with E-state index in [9.17, 15) is 9.59 Å². The first kappa shape index (κ1) is 14.8. The number of carboxylic acid groups (broad SMARTS) is 2. The van der Waals surface area contributed by atoms with Crippen molar-refractivity contribution >= 4 is 22.7 Å². The van der Waals surface area contributed by atoms with E-state index in [1.54, 1.807) is 18.2 Å². The molecular weight excluding hydrogens is 274 g/mol. The van der Waals surface area contributed by atoms with Gasteiger partial charge in [-0.05, 0) is 22.9 Å². The van der Waals surface area contributed by atoms with Crippen molar-refractivity contribution in [2.24, 2.45) is 5.73 Å².